The second kappa shape index (κ2) is 20.7. The van der Waals surface area contributed by atoms with Gasteiger partial charge < -0.3 is 14.2 Å². The maximum absolute atomic E-state index is 13.9. The normalized spacial score (nSPS) is 21.2. The summed E-state index contributed by atoms with van der Waals surface area (Å²) in [6, 6.07) is 15.7. The quantitative estimate of drug-likeness (QED) is 0.102. The third kappa shape index (κ3) is 12.3. The minimum absolute atomic E-state index is 0.263. The lowest BCUT2D eigenvalue weighted by Crippen LogP contribution is -2.39. The fraction of sp³-hybridized carbons (Fsp3) is 0.667. The summed E-state index contributed by atoms with van der Waals surface area (Å²) in [5, 5.41) is 0. The van der Waals surface area contributed by atoms with E-state index in [1.54, 1.807) is 12.1 Å². The zero-order chi connectivity index (χ0) is 35.8. The van der Waals surface area contributed by atoms with E-state index in [0.29, 0.717) is 43.6 Å². The van der Waals surface area contributed by atoms with E-state index < -0.39 is 30.3 Å². The number of hydrogen-bond acceptors (Lipinski definition) is 5. The second-order valence-electron chi connectivity index (χ2n) is 14.5. The Hall–Kier alpha value is -3.03. The summed E-state index contributed by atoms with van der Waals surface area (Å²) >= 11 is 0. The van der Waals surface area contributed by atoms with Gasteiger partial charge in [-0.3, -0.25) is 9.59 Å². The Morgan fingerprint density at radius 1 is 0.740 bits per heavy atom. The zero-order valence-electron chi connectivity index (χ0n) is 30.3. The lowest BCUT2D eigenvalue weighted by molar-refractivity contribution is -0.227. The number of fused-ring (bicyclic) bond motifs is 1. The summed E-state index contributed by atoms with van der Waals surface area (Å²) in [5.41, 5.74) is 2.85. The van der Waals surface area contributed by atoms with Crippen LogP contribution in [0.3, 0.4) is 0 Å². The first-order valence-electron chi connectivity index (χ1n) is 19.5. The van der Waals surface area contributed by atoms with E-state index in [1.165, 1.54) is 50.5 Å². The molecule has 0 radical (unpaired) electrons. The van der Waals surface area contributed by atoms with Crippen LogP contribution in [0.4, 0.5) is 13.2 Å². The Morgan fingerprint density at radius 2 is 1.36 bits per heavy atom. The van der Waals surface area contributed by atoms with Crippen LogP contribution >= 0.6 is 0 Å². The Kier molecular flexibility index (Phi) is 16.5. The third-order valence-electron chi connectivity index (χ3n) is 10.6. The molecule has 2 aromatic rings. The van der Waals surface area contributed by atoms with Crippen molar-refractivity contribution in [1.82, 2.24) is 0 Å². The molecule has 5 nitrogen and oxygen atoms in total. The molecule has 2 aliphatic rings. The van der Waals surface area contributed by atoms with Crippen molar-refractivity contribution >= 4 is 11.9 Å². The summed E-state index contributed by atoms with van der Waals surface area (Å²) < 4.78 is 58.8. The predicted octanol–water partition coefficient (Wildman–Crippen LogP) is 11.8. The van der Waals surface area contributed by atoms with Crippen molar-refractivity contribution in [3.63, 3.8) is 0 Å². The van der Waals surface area contributed by atoms with Crippen molar-refractivity contribution in [3.8, 4) is 5.75 Å². The zero-order valence-corrected chi connectivity index (χ0v) is 30.3. The number of alkyl halides is 3. The molecule has 0 heterocycles. The van der Waals surface area contributed by atoms with Gasteiger partial charge in [0.1, 0.15) is 11.9 Å². The number of esters is 2. The maximum Gasteiger partial charge on any atom is 0.425 e. The molecule has 3 atom stereocenters. The first-order chi connectivity index (χ1) is 24.2. The first kappa shape index (κ1) is 39.8. The van der Waals surface area contributed by atoms with Crippen molar-refractivity contribution in [3.05, 3.63) is 65.2 Å². The topological polar surface area (TPSA) is 61.8 Å². The maximum atomic E-state index is 13.9. The third-order valence-corrected chi connectivity index (χ3v) is 10.6. The Balaban J connectivity index is 1.28. The molecule has 0 saturated heterocycles. The van der Waals surface area contributed by atoms with Gasteiger partial charge in [-0.15, -0.1) is 0 Å². The highest BCUT2D eigenvalue weighted by molar-refractivity contribution is 5.77. The van der Waals surface area contributed by atoms with Gasteiger partial charge >= 0.3 is 18.1 Å². The van der Waals surface area contributed by atoms with Gasteiger partial charge in [-0.2, -0.15) is 13.2 Å². The molecule has 0 bridgehead atoms. The fourth-order valence-corrected chi connectivity index (χ4v) is 7.53. The molecule has 1 saturated carbocycles. The number of unbranched alkanes of at least 4 members (excludes halogenated alkanes) is 10. The first-order valence-corrected chi connectivity index (χ1v) is 19.5. The van der Waals surface area contributed by atoms with Crippen molar-refractivity contribution < 1.29 is 37.0 Å². The smallest absolute Gasteiger partial charge is 0.425 e. The van der Waals surface area contributed by atoms with E-state index in [9.17, 15) is 22.8 Å². The number of aryl methyl sites for hydroxylation is 1. The van der Waals surface area contributed by atoms with Gasteiger partial charge in [0.05, 0.1) is 18.4 Å². The van der Waals surface area contributed by atoms with Crippen LogP contribution in [-0.2, 0) is 25.5 Å². The highest BCUT2D eigenvalue weighted by Crippen LogP contribution is 2.42. The summed E-state index contributed by atoms with van der Waals surface area (Å²) in [6.07, 6.45) is 8.53. The lowest BCUT2D eigenvalue weighted by Gasteiger charge is -2.35. The molecule has 2 aliphatic carbocycles. The summed E-state index contributed by atoms with van der Waals surface area (Å²) in [6.45, 7) is 4.96. The molecule has 1 fully saturated rings. The number of benzene rings is 2. The Labute approximate surface area is 298 Å². The molecular formula is C42H59F3O5. The van der Waals surface area contributed by atoms with Gasteiger partial charge in [0.25, 0.3) is 0 Å². The average Bonchev–Trinajstić information content (AvgIpc) is 3.12. The SMILES string of the molecule is CCCCCCCCCCOc1ccc(C2CCC(C(=O)OC3c4ccccc4CCC3C(=O)O[C@H](CCCCCC)C(F)(F)F)CC2)cc1. The van der Waals surface area contributed by atoms with Gasteiger partial charge in [-0.25, -0.2) is 0 Å². The molecule has 4 rings (SSSR count). The van der Waals surface area contributed by atoms with Crippen molar-refractivity contribution in [2.24, 2.45) is 11.8 Å². The minimum atomic E-state index is -4.65. The standard InChI is InChI=1S/C42H59F3O5/c1-3-5-7-9-10-11-12-16-30-48-35-27-24-32(25-28-35)31-20-22-34(23-21-31)40(46)50-39-36-18-15-14-17-33(36)26-29-37(39)41(47)49-38(42(43,44)45)19-13-8-6-4-2/h14-15,17-18,24-25,27-28,31,34,37-39H,3-13,16,19-23,26,29-30H2,1-2H3/t31?,34?,37?,38-,39?/m1/s1. The number of rotatable bonds is 20. The predicted molar refractivity (Wildman–Crippen MR) is 191 cm³/mol. The minimum Gasteiger partial charge on any atom is -0.494 e. The summed E-state index contributed by atoms with van der Waals surface area (Å²) in [4.78, 5) is 26.9. The van der Waals surface area contributed by atoms with Crippen LogP contribution < -0.4 is 4.74 Å². The Morgan fingerprint density at radius 3 is 2.02 bits per heavy atom. The monoisotopic (exact) mass is 700 g/mol. The van der Waals surface area contributed by atoms with E-state index in [2.05, 4.69) is 19.1 Å². The van der Waals surface area contributed by atoms with Crippen LogP contribution in [0.25, 0.3) is 0 Å². The number of halogens is 3. The molecule has 2 unspecified atom stereocenters. The molecular weight excluding hydrogens is 641 g/mol. The molecule has 8 heteroatoms. The van der Waals surface area contributed by atoms with Crippen LogP contribution in [0, 0.1) is 11.8 Å². The lowest BCUT2D eigenvalue weighted by atomic mass is 9.78. The molecule has 0 N–H and O–H groups in total. The number of carbonyl (C=O) groups excluding carboxylic acids is 2. The summed E-state index contributed by atoms with van der Waals surface area (Å²) in [7, 11) is 0. The van der Waals surface area contributed by atoms with Crippen LogP contribution in [-0.4, -0.2) is 30.8 Å². The fourth-order valence-electron chi connectivity index (χ4n) is 7.53. The molecule has 0 aromatic heterocycles. The van der Waals surface area contributed by atoms with Crippen LogP contribution in [0.2, 0.25) is 0 Å². The molecule has 2 aromatic carbocycles. The summed E-state index contributed by atoms with van der Waals surface area (Å²) in [5.74, 6) is -1.43. The largest absolute Gasteiger partial charge is 0.494 e. The van der Waals surface area contributed by atoms with E-state index in [-0.39, 0.29) is 24.7 Å². The molecule has 0 aliphatic heterocycles. The van der Waals surface area contributed by atoms with Crippen LogP contribution in [0.15, 0.2) is 48.5 Å². The van der Waals surface area contributed by atoms with E-state index in [1.807, 2.05) is 31.2 Å². The van der Waals surface area contributed by atoms with E-state index in [0.717, 1.165) is 50.0 Å². The van der Waals surface area contributed by atoms with Gasteiger partial charge in [0.2, 0.25) is 0 Å². The van der Waals surface area contributed by atoms with Crippen molar-refractivity contribution in [2.45, 2.75) is 160 Å². The van der Waals surface area contributed by atoms with Gasteiger partial charge in [-0.05, 0) is 92.5 Å². The van der Waals surface area contributed by atoms with E-state index >= 15 is 0 Å². The Bertz CT molecular complexity index is 1290. The second-order valence-corrected chi connectivity index (χ2v) is 14.5. The highest BCUT2D eigenvalue weighted by atomic mass is 19.4. The average molecular weight is 701 g/mol. The number of hydrogen-bond donors (Lipinski definition) is 0. The number of ether oxygens (including phenoxy) is 3. The molecule has 50 heavy (non-hydrogen) atoms. The van der Waals surface area contributed by atoms with Crippen LogP contribution in [0.5, 0.6) is 5.75 Å². The molecule has 0 amide bonds. The van der Waals surface area contributed by atoms with Gasteiger partial charge in [0.15, 0.2) is 6.10 Å². The number of carbonyl (C=O) groups is 2. The van der Waals surface area contributed by atoms with Crippen LogP contribution in [0.1, 0.15) is 158 Å². The van der Waals surface area contributed by atoms with E-state index in [4.69, 9.17) is 14.2 Å². The molecule has 278 valence electrons. The van der Waals surface area contributed by atoms with Crippen molar-refractivity contribution in [2.75, 3.05) is 6.61 Å². The van der Waals surface area contributed by atoms with Crippen molar-refractivity contribution in [1.29, 1.82) is 0 Å². The van der Waals surface area contributed by atoms with Gasteiger partial charge in [-0.1, -0.05) is 114 Å². The molecule has 0 spiro atoms. The van der Waals surface area contributed by atoms with Gasteiger partial charge in [0, 0.05) is 0 Å². The highest BCUT2D eigenvalue weighted by Gasteiger charge is 2.46.